The summed E-state index contributed by atoms with van der Waals surface area (Å²) in [6.45, 7) is 3.78. The second kappa shape index (κ2) is 9.54. The van der Waals surface area contributed by atoms with Gasteiger partial charge >= 0.3 is 0 Å². The average Bonchev–Trinajstić information content (AvgIpc) is 2.83. The van der Waals surface area contributed by atoms with Crippen LogP contribution in [0.5, 0.6) is 5.75 Å². The van der Waals surface area contributed by atoms with Crippen LogP contribution in [-0.2, 0) is 26.2 Å². The minimum atomic E-state index is -3.83. The van der Waals surface area contributed by atoms with Crippen LogP contribution in [0.2, 0.25) is 5.02 Å². The molecule has 204 valence electrons. The average molecular weight is 560 g/mol. The Morgan fingerprint density at radius 2 is 1.61 bits per heavy atom. The van der Waals surface area contributed by atoms with Crippen LogP contribution in [0.15, 0.2) is 53.4 Å². The predicted octanol–water partition coefficient (Wildman–Crippen LogP) is 3.85. The second-order valence-corrected chi connectivity index (χ2v) is 13.8. The van der Waals surface area contributed by atoms with Crippen molar-refractivity contribution in [1.29, 1.82) is 0 Å². The van der Waals surface area contributed by atoms with Gasteiger partial charge in [-0.05, 0) is 106 Å². The maximum absolute atomic E-state index is 14.3. The fourth-order valence-corrected chi connectivity index (χ4v) is 7.93. The Bertz CT molecular complexity index is 1330. The van der Waals surface area contributed by atoms with Crippen molar-refractivity contribution < 1.29 is 22.7 Å². The summed E-state index contributed by atoms with van der Waals surface area (Å²) in [5.74, 6) is 0.899. The lowest BCUT2D eigenvalue weighted by atomic mass is 9.47. The third-order valence-corrected chi connectivity index (χ3v) is 9.85. The van der Waals surface area contributed by atoms with E-state index in [1.807, 2.05) is 4.90 Å². The molecule has 2 atom stereocenters. The molecule has 0 aliphatic heterocycles. The van der Waals surface area contributed by atoms with Gasteiger partial charge in [-0.3, -0.25) is 9.59 Å². The van der Waals surface area contributed by atoms with Gasteiger partial charge in [0.1, 0.15) is 5.75 Å². The Kier molecular flexibility index (Phi) is 6.77. The highest BCUT2D eigenvalue weighted by molar-refractivity contribution is 7.89. The number of nitrogens with zero attached hydrogens (tertiary/aromatic N) is 1. The topological polar surface area (TPSA) is 133 Å². The van der Waals surface area contributed by atoms with Crippen molar-refractivity contribution >= 4 is 33.4 Å². The first kappa shape index (κ1) is 27.0. The molecule has 4 saturated carbocycles. The fraction of sp³-hybridized carbons (Fsp3) is 0.500. The van der Waals surface area contributed by atoms with E-state index in [1.54, 1.807) is 50.2 Å². The number of ether oxygens (including phenoxy) is 1. The van der Waals surface area contributed by atoms with Crippen molar-refractivity contribution in [3.05, 3.63) is 59.1 Å². The van der Waals surface area contributed by atoms with E-state index in [-0.39, 0.29) is 41.1 Å². The summed E-state index contributed by atoms with van der Waals surface area (Å²) < 4.78 is 29.7. The van der Waals surface area contributed by atoms with Gasteiger partial charge in [0.05, 0.1) is 4.90 Å². The summed E-state index contributed by atoms with van der Waals surface area (Å²) in [7, 11) is -3.83. The molecule has 0 heterocycles. The smallest absolute Gasteiger partial charge is 0.266 e. The Morgan fingerprint density at radius 1 is 1.03 bits per heavy atom. The number of carbonyl (C=O) groups is 2. The van der Waals surface area contributed by atoms with Crippen LogP contribution in [0, 0.1) is 23.2 Å². The number of primary sulfonamides is 1. The largest absolute Gasteiger partial charge is 0.478 e. The van der Waals surface area contributed by atoms with E-state index in [0.29, 0.717) is 29.5 Å². The van der Waals surface area contributed by atoms with Crippen LogP contribution in [0.25, 0.3) is 0 Å². The van der Waals surface area contributed by atoms with E-state index in [0.717, 1.165) is 24.8 Å². The van der Waals surface area contributed by atoms with Crippen LogP contribution in [0.4, 0.5) is 0 Å². The van der Waals surface area contributed by atoms with Crippen molar-refractivity contribution in [3.63, 3.8) is 0 Å². The van der Waals surface area contributed by atoms with Crippen molar-refractivity contribution in [3.8, 4) is 5.75 Å². The number of hydrogen-bond donors (Lipinski definition) is 2. The first-order chi connectivity index (χ1) is 17.8. The molecular formula is C28H34ClN3O5S. The molecule has 2 unspecified atom stereocenters. The lowest BCUT2D eigenvalue weighted by Crippen LogP contribution is -2.64. The normalized spacial score (nSPS) is 28.2. The SMILES string of the molecule is CC(C)(Oc1ccc(Cl)cc1)C(=O)N(Cc1ccc(S(N)(=O)=O)cc1)C1C2CC3CC1CC(C(N)=O)(C3)C2. The van der Waals surface area contributed by atoms with Gasteiger partial charge in [0.2, 0.25) is 15.9 Å². The van der Waals surface area contributed by atoms with Gasteiger partial charge in [-0.25, -0.2) is 13.6 Å². The number of rotatable bonds is 8. The molecule has 38 heavy (non-hydrogen) atoms. The molecule has 2 aromatic rings. The van der Waals surface area contributed by atoms with Gasteiger partial charge in [0.25, 0.3) is 5.91 Å². The molecule has 4 aliphatic rings. The Hall–Kier alpha value is -2.62. The molecule has 4 N–H and O–H groups in total. The quantitative estimate of drug-likeness (QED) is 0.507. The Balaban J connectivity index is 1.47. The maximum Gasteiger partial charge on any atom is 0.266 e. The van der Waals surface area contributed by atoms with Crippen molar-refractivity contribution in [2.75, 3.05) is 0 Å². The zero-order valence-electron chi connectivity index (χ0n) is 21.6. The van der Waals surface area contributed by atoms with Crippen molar-refractivity contribution in [2.45, 2.75) is 69.0 Å². The van der Waals surface area contributed by atoms with E-state index < -0.39 is 21.0 Å². The fourth-order valence-electron chi connectivity index (χ4n) is 7.29. The molecule has 0 spiro atoms. The highest BCUT2D eigenvalue weighted by Gasteiger charge is 2.60. The number of amides is 2. The van der Waals surface area contributed by atoms with E-state index in [1.165, 1.54) is 12.1 Å². The second-order valence-electron chi connectivity index (χ2n) is 11.8. The number of hydrogen-bond acceptors (Lipinski definition) is 5. The molecule has 6 rings (SSSR count). The summed E-state index contributed by atoms with van der Waals surface area (Å²) >= 11 is 6.02. The molecule has 0 aromatic heterocycles. The minimum absolute atomic E-state index is 0.0172. The summed E-state index contributed by atoms with van der Waals surface area (Å²) in [5.41, 5.74) is 5.02. The summed E-state index contributed by atoms with van der Waals surface area (Å²) in [5, 5.41) is 5.85. The zero-order valence-corrected chi connectivity index (χ0v) is 23.2. The van der Waals surface area contributed by atoms with Gasteiger partial charge < -0.3 is 15.4 Å². The van der Waals surface area contributed by atoms with E-state index in [2.05, 4.69) is 0 Å². The van der Waals surface area contributed by atoms with Gasteiger partial charge in [0.15, 0.2) is 5.60 Å². The van der Waals surface area contributed by atoms with Gasteiger partial charge in [-0.1, -0.05) is 23.7 Å². The monoisotopic (exact) mass is 559 g/mol. The highest BCUT2D eigenvalue weighted by atomic mass is 35.5. The van der Waals surface area contributed by atoms with E-state index in [4.69, 9.17) is 27.2 Å². The van der Waals surface area contributed by atoms with Gasteiger partial charge in [-0.2, -0.15) is 0 Å². The van der Waals surface area contributed by atoms with E-state index in [9.17, 15) is 18.0 Å². The van der Waals surface area contributed by atoms with Crippen LogP contribution in [-0.4, -0.2) is 36.8 Å². The number of nitrogens with two attached hydrogens (primary N) is 2. The van der Waals surface area contributed by atoms with Crippen molar-refractivity contribution in [2.24, 2.45) is 34.0 Å². The summed E-state index contributed by atoms with van der Waals surface area (Å²) in [6, 6.07) is 13.1. The molecule has 2 aromatic carbocycles. The molecule has 4 aliphatic carbocycles. The molecule has 10 heteroatoms. The number of primary amides is 1. The van der Waals surface area contributed by atoms with E-state index >= 15 is 0 Å². The number of sulfonamides is 1. The van der Waals surface area contributed by atoms with Crippen LogP contribution in [0.1, 0.15) is 51.5 Å². The molecule has 0 saturated heterocycles. The lowest BCUT2D eigenvalue weighted by molar-refractivity contribution is -0.169. The minimum Gasteiger partial charge on any atom is -0.478 e. The lowest BCUT2D eigenvalue weighted by Gasteiger charge is -2.61. The molecule has 2 amide bonds. The summed E-state index contributed by atoms with van der Waals surface area (Å²) in [4.78, 5) is 28.7. The standard InChI is InChI=1S/C28H34ClN3O5S/c1-27(2,37-22-7-5-21(29)6-8-22)26(34)32(16-17-3-9-23(10-4-17)38(31,35)36)24-19-11-18-12-20(24)15-28(13-18,14-19)25(30)33/h3-10,18-20,24H,11-16H2,1-2H3,(H2,30,33)(H2,31,35,36). The third kappa shape index (κ3) is 5.03. The van der Waals surface area contributed by atoms with Gasteiger partial charge in [0, 0.05) is 23.0 Å². The molecule has 8 nitrogen and oxygen atoms in total. The van der Waals surface area contributed by atoms with Crippen LogP contribution < -0.4 is 15.6 Å². The highest BCUT2D eigenvalue weighted by Crippen LogP contribution is 2.61. The summed E-state index contributed by atoms with van der Waals surface area (Å²) in [6.07, 6.45) is 4.14. The third-order valence-electron chi connectivity index (χ3n) is 8.67. The number of carbonyl (C=O) groups excluding carboxylic acids is 2. The Labute approximate surface area is 228 Å². The maximum atomic E-state index is 14.3. The first-order valence-electron chi connectivity index (χ1n) is 12.9. The Morgan fingerprint density at radius 3 is 2.13 bits per heavy atom. The predicted molar refractivity (Wildman–Crippen MR) is 143 cm³/mol. The van der Waals surface area contributed by atoms with Crippen molar-refractivity contribution in [1.82, 2.24) is 4.90 Å². The molecule has 4 fully saturated rings. The van der Waals surface area contributed by atoms with Crippen LogP contribution in [0.3, 0.4) is 0 Å². The molecule has 0 radical (unpaired) electrons. The van der Waals surface area contributed by atoms with Crippen LogP contribution >= 0.6 is 11.6 Å². The number of halogens is 1. The first-order valence-corrected chi connectivity index (χ1v) is 14.9. The molecular weight excluding hydrogens is 526 g/mol. The molecule has 4 bridgehead atoms. The zero-order chi connectivity index (χ0) is 27.5. The van der Waals surface area contributed by atoms with Gasteiger partial charge in [-0.15, -0.1) is 0 Å². The number of benzene rings is 2.